The highest BCUT2D eigenvalue weighted by molar-refractivity contribution is 5.94. The summed E-state index contributed by atoms with van der Waals surface area (Å²) in [5.41, 5.74) is 3.42. The van der Waals surface area contributed by atoms with Crippen LogP contribution in [0.5, 0.6) is 0 Å². The van der Waals surface area contributed by atoms with Gasteiger partial charge >= 0.3 is 0 Å². The molecule has 5 rings (SSSR count). The maximum atomic E-state index is 13.4. The summed E-state index contributed by atoms with van der Waals surface area (Å²) in [6, 6.07) is 13.2. The van der Waals surface area contributed by atoms with Gasteiger partial charge in [-0.25, -0.2) is 14.1 Å². The van der Waals surface area contributed by atoms with Crippen LogP contribution >= 0.6 is 0 Å². The first-order chi connectivity index (χ1) is 15.5. The Morgan fingerprint density at radius 2 is 1.88 bits per heavy atom. The van der Waals surface area contributed by atoms with Crippen LogP contribution in [0.3, 0.4) is 0 Å². The van der Waals surface area contributed by atoms with Crippen molar-refractivity contribution in [3.63, 3.8) is 0 Å². The lowest BCUT2D eigenvalue weighted by atomic mass is 9.95. The van der Waals surface area contributed by atoms with Crippen LogP contribution in [0, 0.1) is 5.82 Å². The fourth-order valence-corrected chi connectivity index (χ4v) is 4.25. The smallest absolute Gasteiger partial charge is 0.274 e. The maximum absolute atomic E-state index is 13.4. The highest BCUT2D eigenvalue weighted by Gasteiger charge is 2.27. The number of benzene rings is 2. The third-order valence-electron chi connectivity index (χ3n) is 5.85. The highest BCUT2D eigenvalue weighted by Crippen LogP contribution is 2.28. The van der Waals surface area contributed by atoms with E-state index >= 15 is 0 Å². The number of amides is 1. The molecule has 1 N–H and O–H groups in total. The lowest BCUT2D eigenvalue weighted by Gasteiger charge is -2.17. The SMILES string of the molecule is CN(Cc1nc2ccccc2c(=O)[nH]1)C(=O)c1nn(-c2ccc(F)cc2)c2c1CCCC2. The maximum Gasteiger partial charge on any atom is 0.274 e. The molecule has 8 heteroatoms. The third kappa shape index (κ3) is 3.57. The molecule has 0 spiro atoms. The molecule has 1 amide bonds. The number of carbonyl (C=O) groups excluding carboxylic acids is 1. The Labute approximate surface area is 183 Å². The lowest BCUT2D eigenvalue weighted by molar-refractivity contribution is 0.0774. The van der Waals surface area contributed by atoms with E-state index in [1.54, 1.807) is 42.1 Å². The Bertz CT molecular complexity index is 1370. The third-order valence-corrected chi connectivity index (χ3v) is 5.85. The van der Waals surface area contributed by atoms with E-state index in [-0.39, 0.29) is 23.8 Å². The predicted octanol–water partition coefficient (Wildman–Crippen LogP) is 3.40. The number of hydrogen-bond acceptors (Lipinski definition) is 4. The van der Waals surface area contributed by atoms with Crippen LogP contribution < -0.4 is 5.56 Å². The van der Waals surface area contributed by atoms with Crippen molar-refractivity contribution in [1.82, 2.24) is 24.6 Å². The number of aromatic nitrogens is 4. The van der Waals surface area contributed by atoms with Gasteiger partial charge in [0.1, 0.15) is 11.6 Å². The summed E-state index contributed by atoms with van der Waals surface area (Å²) >= 11 is 0. The molecule has 2 heterocycles. The minimum absolute atomic E-state index is 0.150. The van der Waals surface area contributed by atoms with E-state index in [2.05, 4.69) is 15.1 Å². The van der Waals surface area contributed by atoms with Crippen LogP contribution in [0.15, 0.2) is 53.3 Å². The van der Waals surface area contributed by atoms with Crippen molar-refractivity contribution in [2.75, 3.05) is 7.05 Å². The molecule has 0 aliphatic heterocycles. The van der Waals surface area contributed by atoms with Crippen LogP contribution in [-0.2, 0) is 19.4 Å². The summed E-state index contributed by atoms with van der Waals surface area (Å²) in [4.78, 5) is 34.5. The summed E-state index contributed by atoms with van der Waals surface area (Å²) in [7, 11) is 1.67. The van der Waals surface area contributed by atoms with Gasteiger partial charge in [0.15, 0.2) is 5.69 Å². The molecule has 0 saturated carbocycles. The van der Waals surface area contributed by atoms with E-state index in [1.165, 1.54) is 17.0 Å². The van der Waals surface area contributed by atoms with E-state index < -0.39 is 0 Å². The molecule has 7 nitrogen and oxygen atoms in total. The largest absolute Gasteiger partial charge is 0.333 e. The Morgan fingerprint density at radius 1 is 1.12 bits per heavy atom. The minimum atomic E-state index is -0.317. The van der Waals surface area contributed by atoms with Crippen molar-refractivity contribution in [2.24, 2.45) is 0 Å². The molecule has 0 fully saturated rings. The van der Waals surface area contributed by atoms with Crippen LogP contribution in [0.2, 0.25) is 0 Å². The van der Waals surface area contributed by atoms with E-state index in [1.807, 2.05) is 6.07 Å². The van der Waals surface area contributed by atoms with E-state index in [0.717, 1.165) is 42.6 Å². The van der Waals surface area contributed by atoms with Gasteiger partial charge in [-0.1, -0.05) is 12.1 Å². The second-order valence-corrected chi connectivity index (χ2v) is 8.06. The van der Waals surface area contributed by atoms with Gasteiger partial charge in [0.05, 0.1) is 23.1 Å². The van der Waals surface area contributed by atoms with E-state index in [0.29, 0.717) is 22.4 Å². The van der Waals surface area contributed by atoms with Crippen molar-refractivity contribution >= 4 is 16.8 Å². The number of halogens is 1. The predicted molar refractivity (Wildman–Crippen MR) is 118 cm³/mol. The molecular formula is C24H22FN5O2. The van der Waals surface area contributed by atoms with Crippen molar-refractivity contribution in [2.45, 2.75) is 32.2 Å². The summed E-state index contributed by atoms with van der Waals surface area (Å²) in [5.74, 6) is -0.140. The zero-order valence-corrected chi connectivity index (χ0v) is 17.6. The number of H-pyrrole nitrogens is 1. The van der Waals surface area contributed by atoms with Gasteiger partial charge in [-0.2, -0.15) is 5.10 Å². The van der Waals surface area contributed by atoms with Crippen LogP contribution in [0.4, 0.5) is 4.39 Å². The standard InChI is InChI=1S/C24H22FN5O2/c1-29(14-21-26-19-8-4-2-6-17(19)23(31)27-21)24(32)22-18-7-3-5-9-20(18)30(28-22)16-12-10-15(25)11-13-16/h2,4,6,8,10-13H,3,5,7,9,14H2,1H3,(H,26,27,31). The fourth-order valence-electron chi connectivity index (χ4n) is 4.25. The number of hydrogen-bond donors (Lipinski definition) is 1. The van der Waals surface area contributed by atoms with Crippen molar-refractivity contribution in [1.29, 1.82) is 0 Å². The molecule has 0 radical (unpaired) electrons. The molecule has 4 aromatic rings. The number of aromatic amines is 1. The number of carbonyl (C=O) groups is 1. The number of nitrogens with one attached hydrogen (secondary N) is 1. The van der Waals surface area contributed by atoms with Gasteiger partial charge in [-0.05, 0) is 62.1 Å². The molecule has 2 aromatic carbocycles. The molecule has 0 bridgehead atoms. The molecule has 0 saturated heterocycles. The number of nitrogens with zero attached hydrogens (tertiary/aromatic N) is 4. The summed E-state index contributed by atoms with van der Waals surface area (Å²) in [5, 5.41) is 5.14. The van der Waals surface area contributed by atoms with Crippen LogP contribution in [0.1, 0.15) is 40.4 Å². The number of rotatable bonds is 4. The topological polar surface area (TPSA) is 83.9 Å². The first-order valence-corrected chi connectivity index (χ1v) is 10.6. The lowest BCUT2D eigenvalue weighted by Crippen LogP contribution is -2.29. The summed E-state index contributed by atoms with van der Waals surface area (Å²) in [6.45, 7) is 0.150. The Morgan fingerprint density at radius 3 is 2.69 bits per heavy atom. The molecule has 1 aliphatic carbocycles. The van der Waals surface area contributed by atoms with E-state index in [4.69, 9.17) is 0 Å². The van der Waals surface area contributed by atoms with Crippen LogP contribution in [-0.4, -0.2) is 37.6 Å². The normalized spacial score (nSPS) is 13.2. The average molecular weight is 431 g/mol. The molecule has 0 unspecified atom stereocenters. The second kappa shape index (κ2) is 8.03. The van der Waals surface area contributed by atoms with Gasteiger partial charge in [-0.15, -0.1) is 0 Å². The van der Waals surface area contributed by atoms with Crippen LogP contribution in [0.25, 0.3) is 16.6 Å². The van der Waals surface area contributed by atoms with Gasteiger partial charge in [-0.3, -0.25) is 9.59 Å². The minimum Gasteiger partial charge on any atom is -0.333 e. The van der Waals surface area contributed by atoms with Gasteiger partial charge in [0, 0.05) is 18.3 Å². The highest BCUT2D eigenvalue weighted by atomic mass is 19.1. The Kier molecular flexibility index (Phi) is 5.05. The van der Waals surface area contributed by atoms with Gasteiger partial charge in [0.2, 0.25) is 0 Å². The molecular weight excluding hydrogens is 409 g/mol. The molecule has 0 atom stereocenters. The first kappa shape index (κ1) is 20.1. The van der Waals surface area contributed by atoms with Gasteiger partial charge in [0.25, 0.3) is 11.5 Å². The van der Waals surface area contributed by atoms with Crippen molar-refractivity contribution in [3.8, 4) is 5.69 Å². The number of fused-ring (bicyclic) bond motifs is 2. The second-order valence-electron chi connectivity index (χ2n) is 8.06. The van der Waals surface area contributed by atoms with Crippen molar-refractivity contribution < 1.29 is 9.18 Å². The monoisotopic (exact) mass is 431 g/mol. The molecule has 2 aromatic heterocycles. The molecule has 32 heavy (non-hydrogen) atoms. The van der Waals surface area contributed by atoms with Gasteiger partial charge < -0.3 is 9.88 Å². The number of para-hydroxylation sites is 1. The Hall–Kier alpha value is -3.81. The molecule has 1 aliphatic rings. The summed E-state index contributed by atoms with van der Waals surface area (Å²) in [6.07, 6.45) is 3.60. The Balaban J connectivity index is 1.47. The first-order valence-electron chi connectivity index (χ1n) is 10.6. The molecule has 162 valence electrons. The summed E-state index contributed by atoms with van der Waals surface area (Å²) < 4.78 is 15.1. The fraction of sp³-hybridized carbons (Fsp3) is 0.250. The average Bonchev–Trinajstić information content (AvgIpc) is 3.19. The quantitative estimate of drug-likeness (QED) is 0.537. The van der Waals surface area contributed by atoms with E-state index in [9.17, 15) is 14.0 Å². The zero-order valence-electron chi connectivity index (χ0n) is 17.6. The zero-order chi connectivity index (χ0) is 22.2. The van der Waals surface area contributed by atoms with Crippen molar-refractivity contribution in [3.05, 3.63) is 87.5 Å².